The number of amidine groups is 1. The van der Waals surface area contributed by atoms with E-state index in [1.807, 2.05) is 62.4 Å². The van der Waals surface area contributed by atoms with Crippen molar-refractivity contribution in [3.05, 3.63) is 48.5 Å². The van der Waals surface area contributed by atoms with Gasteiger partial charge in [0, 0.05) is 11.4 Å². The molecule has 0 aromatic heterocycles. The molecule has 2 rings (SSSR count). The summed E-state index contributed by atoms with van der Waals surface area (Å²) in [6.45, 7) is 5.24. The summed E-state index contributed by atoms with van der Waals surface area (Å²) in [7, 11) is 0. The van der Waals surface area contributed by atoms with Crippen molar-refractivity contribution in [1.82, 2.24) is 0 Å². The maximum atomic E-state index is 7.71. The summed E-state index contributed by atoms with van der Waals surface area (Å²) in [5.74, 6) is 1.81. The minimum Gasteiger partial charge on any atom is -1.00 e. The Morgan fingerprint density at radius 1 is 1.00 bits per heavy atom. The standard InChI is InChI=1S/C17H20N2O2S.C2H5ClN2O.Na.H/c1-3-20-15-9-5-13(6-10-15)18-17(22)19-14-7-11-16(12-8-14)21-4-2;3-1-2(4)5-6;;/h5-12H,3-4H2,1-2H3,(H2,18,19,22);6H,1H2,(H2,4,5);;/q;;+1;-1. The first-order valence-electron chi connectivity index (χ1n) is 8.58. The van der Waals surface area contributed by atoms with E-state index in [4.69, 9.17) is 44.2 Å². The van der Waals surface area contributed by atoms with Crippen LogP contribution >= 0.6 is 23.8 Å². The van der Waals surface area contributed by atoms with E-state index >= 15 is 0 Å². The number of nitrogens with zero attached hydrogens (tertiary/aromatic N) is 1. The van der Waals surface area contributed by atoms with Crippen molar-refractivity contribution in [2.45, 2.75) is 13.8 Å². The molecule has 0 unspecified atom stereocenters. The van der Waals surface area contributed by atoms with Gasteiger partial charge < -0.3 is 32.5 Å². The first-order valence-corrected chi connectivity index (χ1v) is 9.52. The van der Waals surface area contributed by atoms with Crippen LogP contribution in [0.3, 0.4) is 0 Å². The fourth-order valence-corrected chi connectivity index (χ4v) is 2.21. The summed E-state index contributed by atoms with van der Waals surface area (Å²) in [5.41, 5.74) is 6.66. The van der Waals surface area contributed by atoms with E-state index in [-0.39, 0.29) is 42.7 Å². The van der Waals surface area contributed by atoms with Gasteiger partial charge >= 0.3 is 29.6 Å². The van der Waals surface area contributed by atoms with Gasteiger partial charge in [0.25, 0.3) is 0 Å². The normalized spacial score (nSPS) is 9.97. The third kappa shape index (κ3) is 11.8. The number of thiocarbonyl (C=S) groups is 1. The third-order valence-corrected chi connectivity index (χ3v) is 3.59. The number of nitrogens with one attached hydrogen (secondary N) is 2. The fraction of sp³-hybridized carbons (Fsp3) is 0.263. The SMILES string of the molecule is CCOc1ccc(NC(=S)Nc2ccc(OCC)cc2)cc1.NC(CCl)=NO.[H-].[Na+]. The second-order valence-corrected chi connectivity index (χ2v) is 5.89. The number of ether oxygens (including phenoxy) is 2. The summed E-state index contributed by atoms with van der Waals surface area (Å²) >= 11 is 10.3. The van der Waals surface area contributed by atoms with Crippen molar-refractivity contribution >= 4 is 46.1 Å². The Bertz CT molecular complexity index is 699. The Kier molecular flexibility index (Phi) is 15.2. The molecule has 5 N–H and O–H groups in total. The molecule has 0 saturated carbocycles. The molecular formula is C19H26ClN4NaO3S. The van der Waals surface area contributed by atoms with E-state index < -0.39 is 0 Å². The Hall–Kier alpha value is -1.71. The Labute approximate surface area is 205 Å². The van der Waals surface area contributed by atoms with Crippen LogP contribution in [0, 0.1) is 0 Å². The van der Waals surface area contributed by atoms with E-state index in [2.05, 4.69) is 15.8 Å². The fourth-order valence-electron chi connectivity index (χ4n) is 1.92. The van der Waals surface area contributed by atoms with E-state index in [9.17, 15) is 0 Å². The number of alkyl halides is 1. The van der Waals surface area contributed by atoms with Crippen LogP contribution in [0.25, 0.3) is 0 Å². The third-order valence-electron chi connectivity index (χ3n) is 3.11. The molecule has 0 amide bonds. The number of rotatable bonds is 7. The number of hydrogen-bond donors (Lipinski definition) is 4. The predicted octanol–water partition coefficient (Wildman–Crippen LogP) is 1.38. The van der Waals surface area contributed by atoms with Gasteiger partial charge in [0.2, 0.25) is 0 Å². The predicted molar refractivity (Wildman–Crippen MR) is 120 cm³/mol. The molecule has 10 heteroatoms. The summed E-state index contributed by atoms with van der Waals surface area (Å²) in [6.07, 6.45) is 0. The first kappa shape index (κ1) is 27.3. The van der Waals surface area contributed by atoms with Crippen LogP contribution in [0.15, 0.2) is 53.7 Å². The monoisotopic (exact) mass is 448 g/mol. The van der Waals surface area contributed by atoms with Crippen LogP contribution in [-0.4, -0.2) is 35.2 Å². The van der Waals surface area contributed by atoms with Crippen LogP contribution in [0.4, 0.5) is 11.4 Å². The average molecular weight is 449 g/mol. The molecule has 7 nitrogen and oxygen atoms in total. The minimum absolute atomic E-state index is 0. The van der Waals surface area contributed by atoms with Gasteiger partial charge in [0.15, 0.2) is 10.9 Å². The summed E-state index contributed by atoms with van der Waals surface area (Å²) < 4.78 is 10.8. The first-order chi connectivity index (χ1) is 13.5. The van der Waals surface area contributed by atoms with Crippen LogP contribution in [-0.2, 0) is 0 Å². The Morgan fingerprint density at radius 3 is 1.62 bits per heavy atom. The van der Waals surface area contributed by atoms with Crippen LogP contribution in [0.1, 0.15) is 15.3 Å². The molecule has 0 saturated heterocycles. The summed E-state index contributed by atoms with van der Waals surface area (Å²) in [4.78, 5) is 0. The van der Waals surface area contributed by atoms with Gasteiger partial charge in [-0.2, -0.15) is 0 Å². The van der Waals surface area contributed by atoms with Gasteiger partial charge in [0.1, 0.15) is 11.5 Å². The van der Waals surface area contributed by atoms with Crippen molar-refractivity contribution in [2.24, 2.45) is 10.9 Å². The molecule has 0 aliphatic carbocycles. The van der Waals surface area contributed by atoms with E-state index in [0.717, 1.165) is 22.9 Å². The molecule has 29 heavy (non-hydrogen) atoms. The van der Waals surface area contributed by atoms with Crippen molar-refractivity contribution in [2.75, 3.05) is 29.7 Å². The molecule has 2 aromatic rings. The van der Waals surface area contributed by atoms with Crippen LogP contribution in [0.2, 0.25) is 0 Å². The van der Waals surface area contributed by atoms with Crippen molar-refractivity contribution in [3.8, 4) is 11.5 Å². The van der Waals surface area contributed by atoms with Crippen molar-refractivity contribution in [1.29, 1.82) is 0 Å². The maximum Gasteiger partial charge on any atom is 1.00 e. The number of benzene rings is 2. The molecule has 0 spiro atoms. The molecule has 2 aromatic carbocycles. The summed E-state index contributed by atoms with van der Waals surface area (Å²) in [6, 6.07) is 15.3. The van der Waals surface area contributed by atoms with Crippen LogP contribution < -0.4 is 55.4 Å². The average Bonchev–Trinajstić information content (AvgIpc) is 2.71. The molecule has 0 fully saturated rings. The molecule has 154 valence electrons. The van der Waals surface area contributed by atoms with E-state index in [0.29, 0.717) is 18.3 Å². The van der Waals surface area contributed by atoms with Gasteiger partial charge in [-0.15, -0.1) is 11.6 Å². The van der Waals surface area contributed by atoms with Crippen molar-refractivity contribution < 1.29 is 45.7 Å². The number of oxime groups is 1. The van der Waals surface area contributed by atoms with Crippen molar-refractivity contribution in [3.63, 3.8) is 0 Å². The number of halogens is 1. The number of anilines is 2. The topological polar surface area (TPSA) is 101 Å². The van der Waals surface area contributed by atoms with E-state index in [1.165, 1.54) is 0 Å². The van der Waals surface area contributed by atoms with Gasteiger partial charge in [-0.3, -0.25) is 0 Å². The molecule has 0 aliphatic heterocycles. The molecular weight excluding hydrogens is 423 g/mol. The smallest absolute Gasteiger partial charge is 1.00 e. The second kappa shape index (κ2) is 16.1. The summed E-state index contributed by atoms with van der Waals surface area (Å²) in [5, 5.41) is 17.1. The zero-order chi connectivity index (χ0) is 20.8. The maximum absolute atomic E-state index is 7.71. The van der Waals surface area contributed by atoms with Gasteiger partial charge in [0.05, 0.1) is 19.1 Å². The quantitative estimate of drug-likeness (QED) is 0.0965. The number of hydrogen-bond acceptors (Lipinski definition) is 5. The molecule has 0 bridgehead atoms. The van der Waals surface area contributed by atoms with Gasteiger partial charge in [-0.25, -0.2) is 0 Å². The zero-order valence-corrected chi connectivity index (χ0v) is 20.4. The van der Waals surface area contributed by atoms with E-state index in [1.54, 1.807) is 0 Å². The second-order valence-electron chi connectivity index (χ2n) is 5.22. The molecule has 0 aliphatic rings. The molecule has 0 radical (unpaired) electrons. The zero-order valence-electron chi connectivity index (χ0n) is 17.8. The Balaban J connectivity index is 0. The molecule has 0 atom stereocenters. The van der Waals surface area contributed by atoms with Gasteiger partial charge in [-0.1, -0.05) is 5.16 Å². The Morgan fingerprint density at radius 2 is 1.38 bits per heavy atom. The van der Waals surface area contributed by atoms with Gasteiger partial charge in [-0.05, 0) is 74.6 Å². The minimum atomic E-state index is 0. The largest absolute Gasteiger partial charge is 1.00 e. The number of nitrogens with two attached hydrogens (primary N) is 1. The van der Waals surface area contributed by atoms with Crippen LogP contribution in [0.5, 0.6) is 11.5 Å². The molecule has 0 heterocycles.